The number of nitrogens with zero attached hydrogens (tertiary/aromatic N) is 3. The first-order chi connectivity index (χ1) is 42.4. The summed E-state index contributed by atoms with van der Waals surface area (Å²) in [5.41, 5.74) is 14.9. The Morgan fingerprint density at radius 2 is 0.558 bits per heavy atom. The summed E-state index contributed by atoms with van der Waals surface area (Å²) in [7, 11) is 0. The van der Waals surface area contributed by atoms with Gasteiger partial charge in [-0.1, -0.05) is 220 Å². The monoisotopic (exact) mass is 1150 g/mol. The summed E-state index contributed by atoms with van der Waals surface area (Å²) < 4.78 is 5.03. The second kappa shape index (κ2) is 29.3. The molecule has 0 atom stereocenters. The predicted octanol–water partition coefficient (Wildman–Crippen LogP) is 25.7. The van der Waals surface area contributed by atoms with Crippen LogP contribution >= 0.6 is 22.7 Å². The fourth-order valence-corrected chi connectivity index (χ4v) is 12.6. The molecule has 5 heteroatoms. The largest absolute Gasteiger partial charge is 0.310 e. The molecule has 13 rings (SSSR count). The van der Waals surface area contributed by atoms with Gasteiger partial charge in [-0.15, -0.1) is 29.3 Å². The first-order valence-electron chi connectivity index (χ1n) is 28.9. The smallest absolute Gasteiger partial charge is 0.0476 e. The molecule has 86 heavy (non-hydrogen) atoms. The molecule has 0 aliphatic rings. The van der Waals surface area contributed by atoms with E-state index in [9.17, 15) is 0 Å². The Balaban J connectivity index is 0.000000507. The third-order valence-corrected chi connectivity index (χ3v) is 16.6. The highest BCUT2D eigenvalue weighted by Gasteiger charge is 2.20. The Hall–Kier alpha value is -10.3. The van der Waals surface area contributed by atoms with Crippen LogP contribution in [0.4, 0.5) is 51.2 Å². The van der Waals surface area contributed by atoms with Gasteiger partial charge in [0.2, 0.25) is 0 Å². The molecule has 0 fully saturated rings. The van der Waals surface area contributed by atoms with Crippen LogP contribution in [0, 0.1) is 0 Å². The highest BCUT2D eigenvalue weighted by Crippen LogP contribution is 2.46. The van der Waals surface area contributed by atoms with Crippen molar-refractivity contribution < 1.29 is 1.43 Å². The number of para-hydroxylation sites is 3. The molecule has 0 unspecified atom stereocenters. The molecule has 0 N–H and O–H groups in total. The summed E-state index contributed by atoms with van der Waals surface area (Å²) in [5, 5.41) is 5.01. The SMILES string of the molecule is C=C/C=C\C.C=C/C=C\C=C/C.C=CC.[HH].c1ccc(-c2ccc(N(c3ccccc3)c3ccc4c(c3)sc3ccc(N(c5ccccc5)c5ccc6c(c5)sc5ccc(N(c7ccccc7)c7ccc(-c8ccccc8)cc7)cc56)cc34)cc2)cc1. The standard InChI is InChI=1S/C66H45N3S2.C7H10.C5H8.C3H6.H2/c1-6-16-46(17-7-1)48-26-30-53(31-27-48)67(50-20-10-3-11-21-50)55-36-40-63-61(42-55)60-39-35-58(45-66(60)71-63)69(52-24-14-5-15-25-52)56-37-41-64-62(43-56)59-38-34-57(44-65(59)70-64)68(51-22-12-4-13-23-51)54-32-28-49(29-33-54)47-18-8-2-9-19-47;1-3-5-7-6-4-2;1-3-5-4-2;1-3-2;/h1-45H;3-7H,1H2,2H3;3-5H,1H2,2H3;3H,1H2,2H3;1H/b;6-4-,7-5-;5-4-;;. The number of benzene rings is 11. The predicted molar refractivity (Wildman–Crippen MR) is 384 cm³/mol. The van der Waals surface area contributed by atoms with E-state index in [0.29, 0.717) is 0 Å². The molecule has 0 amide bonds. The van der Waals surface area contributed by atoms with Crippen molar-refractivity contribution in [3.05, 3.63) is 347 Å². The molecule has 2 heterocycles. The van der Waals surface area contributed by atoms with E-state index in [1.807, 2.05) is 79.9 Å². The van der Waals surface area contributed by atoms with E-state index in [0.717, 1.165) is 51.2 Å². The molecule has 422 valence electrons. The Bertz CT molecular complexity index is 4420. The number of hydrogen-bond donors (Lipinski definition) is 0. The van der Waals surface area contributed by atoms with Crippen LogP contribution in [0.1, 0.15) is 22.2 Å². The van der Waals surface area contributed by atoms with Crippen molar-refractivity contribution in [1.82, 2.24) is 0 Å². The summed E-state index contributed by atoms with van der Waals surface area (Å²) in [6, 6.07) is 98.9. The summed E-state index contributed by atoms with van der Waals surface area (Å²) in [6.07, 6.45) is 16.8. The van der Waals surface area contributed by atoms with Gasteiger partial charge >= 0.3 is 0 Å². The summed E-state index contributed by atoms with van der Waals surface area (Å²) in [5.74, 6) is 0. The zero-order valence-electron chi connectivity index (χ0n) is 49.0. The topological polar surface area (TPSA) is 9.72 Å². The van der Waals surface area contributed by atoms with Crippen molar-refractivity contribution in [2.75, 3.05) is 14.7 Å². The Morgan fingerprint density at radius 1 is 0.267 bits per heavy atom. The van der Waals surface area contributed by atoms with Crippen LogP contribution < -0.4 is 14.7 Å². The van der Waals surface area contributed by atoms with E-state index in [-0.39, 0.29) is 1.43 Å². The van der Waals surface area contributed by atoms with Crippen LogP contribution in [-0.4, -0.2) is 0 Å². The number of thiophene rings is 2. The first-order valence-corrected chi connectivity index (χ1v) is 30.6. The average Bonchev–Trinajstić information content (AvgIpc) is 4.05. The Labute approximate surface area is 517 Å². The van der Waals surface area contributed by atoms with E-state index < -0.39 is 0 Å². The van der Waals surface area contributed by atoms with Gasteiger partial charge in [-0.2, -0.15) is 0 Å². The number of allylic oxidation sites excluding steroid dienone is 9. The van der Waals surface area contributed by atoms with Crippen molar-refractivity contribution in [2.45, 2.75) is 20.8 Å². The van der Waals surface area contributed by atoms with Crippen molar-refractivity contribution in [3.63, 3.8) is 0 Å². The molecule has 0 spiro atoms. The molecular weight excluding hydrogens is 1080 g/mol. The maximum atomic E-state index is 3.51. The van der Waals surface area contributed by atoms with Gasteiger partial charge in [0.1, 0.15) is 0 Å². The van der Waals surface area contributed by atoms with E-state index in [2.05, 4.69) is 307 Å². The van der Waals surface area contributed by atoms with Crippen molar-refractivity contribution >= 4 is 114 Å². The maximum absolute atomic E-state index is 3.51. The fourth-order valence-electron chi connectivity index (χ4n) is 10.4. The lowest BCUT2D eigenvalue weighted by atomic mass is 10.0. The molecule has 3 nitrogen and oxygen atoms in total. The highest BCUT2D eigenvalue weighted by atomic mass is 32.1. The van der Waals surface area contributed by atoms with Crippen LogP contribution in [0.3, 0.4) is 0 Å². The van der Waals surface area contributed by atoms with Gasteiger partial charge in [-0.05, 0) is 164 Å². The zero-order valence-corrected chi connectivity index (χ0v) is 50.6. The van der Waals surface area contributed by atoms with Crippen molar-refractivity contribution in [1.29, 1.82) is 0 Å². The lowest BCUT2D eigenvalue weighted by molar-refractivity contribution is 1.29. The quantitative estimate of drug-likeness (QED) is 0.0794. The summed E-state index contributed by atoms with van der Waals surface area (Å²) in [4.78, 5) is 7.12. The molecule has 0 bridgehead atoms. The second-order valence-corrected chi connectivity index (χ2v) is 22.2. The molecule has 0 saturated heterocycles. The van der Waals surface area contributed by atoms with Gasteiger partial charge in [0, 0.05) is 93.0 Å². The molecular formula is C81H71N3S2. The van der Waals surface area contributed by atoms with Gasteiger partial charge in [-0.25, -0.2) is 0 Å². The normalized spacial score (nSPS) is 11.0. The lowest BCUT2D eigenvalue weighted by Crippen LogP contribution is -2.09. The molecule has 0 aliphatic heterocycles. The fraction of sp³-hybridized carbons (Fsp3) is 0.0370. The molecule has 2 aromatic heterocycles. The van der Waals surface area contributed by atoms with Gasteiger partial charge in [0.25, 0.3) is 0 Å². The Kier molecular flexibility index (Phi) is 20.1. The van der Waals surface area contributed by atoms with Gasteiger partial charge in [0.05, 0.1) is 0 Å². The number of hydrogen-bond acceptors (Lipinski definition) is 5. The molecule has 0 radical (unpaired) electrons. The van der Waals surface area contributed by atoms with E-state index >= 15 is 0 Å². The third kappa shape index (κ3) is 13.9. The molecule has 11 aromatic carbocycles. The molecule has 0 saturated carbocycles. The minimum Gasteiger partial charge on any atom is -0.310 e. The molecule has 0 aliphatic carbocycles. The van der Waals surface area contributed by atoms with Gasteiger partial charge in [0.15, 0.2) is 0 Å². The lowest BCUT2D eigenvalue weighted by Gasteiger charge is -2.26. The average molecular weight is 1150 g/mol. The van der Waals surface area contributed by atoms with Crippen molar-refractivity contribution in [2.24, 2.45) is 0 Å². The third-order valence-electron chi connectivity index (χ3n) is 14.3. The van der Waals surface area contributed by atoms with Crippen molar-refractivity contribution in [3.8, 4) is 22.3 Å². The van der Waals surface area contributed by atoms with E-state index in [4.69, 9.17) is 0 Å². The summed E-state index contributed by atoms with van der Waals surface area (Å²) in [6.45, 7) is 16.2. The second-order valence-electron chi connectivity index (χ2n) is 20.1. The summed E-state index contributed by atoms with van der Waals surface area (Å²) >= 11 is 3.71. The Morgan fingerprint density at radius 3 is 0.895 bits per heavy atom. The maximum Gasteiger partial charge on any atom is 0.0476 e. The highest BCUT2D eigenvalue weighted by molar-refractivity contribution is 7.26. The number of anilines is 9. The first kappa shape index (κ1) is 58.9. The van der Waals surface area contributed by atoms with Crippen LogP contribution in [0.25, 0.3) is 62.6 Å². The molecule has 13 aromatic rings. The van der Waals surface area contributed by atoms with Crippen LogP contribution in [-0.2, 0) is 0 Å². The minimum atomic E-state index is 0. The van der Waals surface area contributed by atoms with Crippen LogP contribution in [0.15, 0.2) is 347 Å². The minimum absolute atomic E-state index is 0. The van der Waals surface area contributed by atoms with Gasteiger partial charge in [-0.3, -0.25) is 0 Å². The zero-order chi connectivity index (χ0) is 59.5. The number of rotatable bonds is 14. The van der Waals surface area contributed by atoms with Gasteiger partial charge < -0.3 is 14.7 Å². The van der Waals surface area contributed by atoms with Crippen LogP contribution in [0.2, 0.25) is 0 Å². The number of fused-ring (bicyclic) bond motifs is 6. The van der Waals surface area contributed by atoms with E-state index in [1.54, 1.807) is 18.2 Å². The van der Waals surface area contributed by atoms with E-state index in [1.165, 1.54) is 62.6 Å². The van der Waals surface area contributed by atoms with Crippen LogP contribution in [0.5, 0.6) is 0 Å².